The van der Waals surface area contributed by atoms with E-state index in [1.165, 1.54) is 0 Å². The molecule has 0 fully saturated rings. The standard InChI is InChI=1S/C13H19NO4/c1-9-6-12-13(18-5-4-17-12)7-11(9)14-10(8-16)2-3-15/h6-7,10,14-16H,2-5,8H2,1H3. The lowest BCUT2D eigenvalue weighted by atomic mass is 10.1. The summed E-state index contributed by atoms with van der Waals surface area (Å²) in [6.45, 7) is 3.11. The van der Waals surface area contributed by atoms with Gasteiger partial charge in [-0.25, -0.2) is 0 Å². The Hall–Kier alpha value is -1.46. The Morgan fingerprint density at radius 2 is 1.89 bits per heavy atom. The lowest BCUT2D eigenvalue weighted by Crippen LogP contribution is -2.25. The van der Waals surface area contributed by atoms with Crippen LogP contribution in [0.4, 0.5) is 5.69 Å². The van der Waals surface area contributed by atoms with Crippen molar-refractivity contribution in [2.24, 2.45) is 0 Å². The SMILES string of the molecule is Cc1cc2c(cc1NC(CO)CCO)OCCO2. The Morgan fingerprint density at radius 1 is 1.22 bits per heavy atom. The molecule has 1 aliphatic heterocycles. The van der Waals surface area contributed by atoms with E-state index in [0.29, 0.717) is 19.6 Å². The molecule has 1 aliphatic rings. The van der Waals surface area contributed by atoms with Gasteiger partial charge < -0.3 is 25.0 Å². The molecule has 1 aromatic rings. The number of anilines is 1. The van der Waals surface area contributed by atoms with Gasteiger partial charge in [-0.2, -0.15) is 0 Å². The fourth-order valence-electron chi connectivity index (χ4n) is 1.93. The molecule has 0 spiro atoms. The van der Waals surface area contributed by atoms with Crippen LogP contribution in [0.5, 0.6) is 11.5 Å². The number of hydrogen-bond acceptors (Lipinski definition) is 5. The molecule has 18 heavy (non-hydrogen) atoms. The predicted molar refractivity (Wildman–Crippen MR) is 68.4 cm³/mol. The zero-order valence-corrected chi connectivity index (χ0v) is 10.5. The van der Waals surface area contributed by atoms with Gasteiger partial charge in [0.15, 0.2) is 11.5 Å². The molecule has 0 saturated carbocycles. The first-order valence-corrected chi connectivity index (χ1v) is 6.13. The third-order valence-corrected chi connectivity index (χ3v) is 2.95. The molecule has 5 nitrogen and oxygen atoms in total. The number of aliphatic hydroxyl groups is 2. The summed E-state index contributed by atoms with van der Waals surface area (Å²) < 4.78 is 11.0. The van der Waals surface area contributed by atoms with Gasteiger partial charge in [-0.05, 0) is 25.0 Å². The van der Waals surface area contributed by atoms with Gasteiger partial charge in [0.1, 0.15) is 13.2 Å². The van der Waals surface area contributed by atoms with Crippen LogP contribution in [0.3, 0.4) is 0 Å². The van der Waals surface area contributed by atoms with E-state index in [1.54, 1.807) is 0 Å². The molecule has 100 valence electrons. The largest absolute Gasteiger partial charge is 0.486 e. The van der Waals surface area contributed by atoms with Crippen molar-refractivity contribution in [3.05, 3.63) is 17.7 Å². The summed E-state index contributed by atoms with van der Waals surface area (Å²) in [5, 5.41) is 21.3. The van der Waals surface area contributed by atoms with Crippen molar-refractivity contribution in [3.63, 3.8) is 0 Å². The fourth-order valence-corrected chi connectivity index (χ4v) is 1.93. The van der Waals surface area contributed by atoms with Crippen molar-refractivity contribution in [3.8, 4) is 11.5 Å². The number of aryl methyl sites for hydroxylation is 1. The summed E-state index contributed by atoms with van der Waals surface area (Å²) in [5.41, 5.74) is 1.92. The second kappa shape index (κ2) is 5.93. The number of nitrogens with one attached hydrogen (secondary N) is 1. The van der Waals surface area contributed by atoms with Crippen LogP contribution in [0.15, 0.2) is 12.1 Å². The average molecular weight is 253 g/mol. The molecule has 0 bridgehead atoms. The van der Waals surface area contributed by atoms with Gasteiger partial charge in [-0.15, -0.1) is 0 Å². The number of fused-ring (bicyclic) bond motifs is 1. The van der Waals surface area contributed by atoms with Crippen molar-refractivity contribution in [2.45, 2.75) is 19.4 Å². The second-order valence-corrected chi connectivity index (χ2v) is 4.35. The molecular weight excluding hydrogens is 234 g/mol. The first-order chi connectivity index (χ1) is 8.74. The highest BCUT2D eigenvalue weighted by Gasteiger charge is 2.15. The molecule has 0 radical (unpaired) electrons. The van der Waals surface area contributed by atoms with Crippen molar-refractivity contribution < 1.29 is 19.7 Å². The van der Waals surface area contributed by atoms with E-state index < -0.39 is 0 Å². The van der Waals surface area contributed by atoms with Gasteiger partial charge in [0, 0.05) is 18.4 Å². The highest BCUT2D eigenvalue weighted by atomic mass is 16.6. The van der Waals surface area contributed by atoms with Crippen molar-refractivity contribution in [2.75, 3.05) is 31.7 Å². The van der Waals surface area contributed by atoms with Crippen LogP contribution in [-0.4, -0.2) is 42.7 Å². The van der Waals surface area contributed by atoms with E-state index in [0.717, 1.165) is 22.7 Å². The number of aliphatic hydroxyl groups excluding tert-OH is 2. The molecular formula is C13H19NO4. The lowest BCUT2D eigenvalue weighted by Gasteiger charge is -2.23. The topological polar surface area (TPSA) is 71.0 Å². The monoisotopic (exact) mass is 253 g/mol. The Balaban J connectivity index is 2.17. The number of rotatable bonds is 5. The molecule has 1 heterocycles. The fraction of sp³-hybridized carbons (Fsp3) is 0.538. The summed E-state index contributed by atoms with van der Waals surface area (Å²) in [4.78, 5) is 0. The van der Waals surface area contributed by atoms with E-state index in [4.69, 9.17) is 14.6 Å². The molecule has 1 unspecified atom stereocenters. The molecule has 1 aromatic carbocycles. The Kier molecular flexibility index (Phi) is 4.28. The van der Waals surface area contributed by atoms with Gasteiger partial charge in [0.2, 0.25) is 0 Å². The quantitative estimate of drug-likeness (QED) is 0.728. The van der Waals surface area contributed by atoms with Crippen molar-refractivity contribution >= 4 is 5.69 Å². The van der Waals surface area contributed by atoms with Crippen LogP contribution in [0.1, 0.15) is 12.0 Å². The molecule has 2 rings (SSSR count). The van der Waals surface area contributed by atoms with Crippen LogP contribution >= 0.6 is 0 Å². The smallest absolute Gasteiger partial charge is 0.163 e. The van der Waals surface area contributed by atoms with Crippen molar-refractivity contribution in [1.29, 1.82) is 0 Å². The third-order valence-electron chi connectivity index (χ3n) is 2.95. The van der Waals surface area contributed by atoms with E-state index in [9.17, 15) is 5.11 Å². The van der Waals surface area contributed by atoms with E-state index >= 15 is 0 Å². The summed E-state index contributed by atoms with van der Waals surface area (Å²) in [6.07, 6.45) is 0.504. The van der Waals surface area contributed by atoms with Gasteiger partial charge in [0.25, 0.3) is 0 Å². The average Bonchev–Trinajstić information content (AvgIpc) is 2.39. The zero-order chi connectivity index (χ0) is 13.0. The maximum Gasteiger partial charge on any atom is 0.163 e. The molecule has 3 N–H and O–H groups in total. The minimum Gasteiger partial charge on any atom is -0.486 e. The Bertz CT molecular complexity index is 408. The van der Waals surface area contributed by atoms with E-state index in [2.05, 4.69) is 5.32 Å². The molecule has 5 heteroatoms. The zero-order valence-electron chi connectivity index (χ0n) is 10.5. The lowest BCUT2D eigenvalue weighted by molar-refractivity contribution is 0.171. The number of benzene rings is 1. The van der Waals surface area contributed by atoms with Crippen LogP contribution in [0.25, 0.3) is 0 Å². The third kappa shape index (κ3) is 2.86. The maximum absolute atomic E-state index is 9.22. The van der Waals surface area contributed by atoms with Crippen LogP contribution in [0, 0.1) is 6.92 Å². The molecule has 0 amide bonds. The highest BCUT2D eigenvalue weighted by Crippen LogP contribution is 2.35. The normalized spacial score (nSPS) is 15.3. The van der Waals surface area contributed by atoms with Crippen molar-refractivity contribution in [1.82, 2.24) is 0 Å². The van der Waals surface area contributed by atoms with Crippen LogP contribution < -0.4 is 14.8 Å². The van der Waals surface area contributed by atoms with Gasteiger partial charge >= 0.3 is 0 Å². The Labute approximate surface area is 106 Å². The first-order valence-electron chi connectivity index (χ1n) is 6.13. The minimum atomic E-state index is -0.156. The number of hydrogen-bond donors (Lipinski definition) is 3. The Morgan fingerprint density at radius 3 is 2.50 bits per heavy atom. The van der Waals surface area contributed by atoms with Crippen LogP contribution in [0.2, 0.25) is 0 Å². The van der Waals surface area contributed by atoms with Gasteiger partial charge in [-0.3, -0.25) is 0 Å². The number of ether oxygens (including phenoxy) is 2. The second-order valence-electron chi connectivity index (χ2n) is 4.35. The van der Waals surface area contributed by atoms with Crippen LogP contribution in [-0.2, 0) is 0 Å². The predicted octanol–water partition coefficient (Wildman–Crippen LogP) is 0.921. The molecule has 0 aromatic heterocycles. The van der Waals surface area contributed by atoms with E-state index in [1.807, 2.05) is 19.1 Å². The summed E-state index contributed by atoms with van der Waals surface area (Å²) in [7, 11) is 0. The minimum absolute atomic E-state index is 0.0194. The highest BCUT2D eigenvalue weighted by molar-refractivity contribution is 5.60. The molecule has 1 atom stereocenters. The molecule has 0 aliphatic carbocycles. The molecule has 0 saturated heterocycles. The summed E-state index contributed by atoms with van der Waals surface area (Å²) in [5.74, 6) is 1.47. The summed E-state index contributed by atoms with van der Waals surface area (Å²) >= 11 is 0. The van der Waals surface area contributed by atoms with Gasteiger partial charge in [-0.1, -0.05) is 0 Å². The van der Waals surface area contributed by atoms with Gasteiger partial charge in [0.05, 0.1) is 12.6 Å². The summed E-state index contributed by atoms with van der Waals surface area (Å²) in [6, 6.07) is 3.64. The first kappa shape index (κ1) is 13.0. The maximum atomic E-state index is 9.22. The van der Waals surface area contributed by atoms with E-state index in [-0.39, 0.29) is 19.3 Å².